The van der Waals surface area contributed by atoms with Crippen molar-refractivity contribution in [1.82, 2.24) is 29.4 Å². The van der Waals surface area contributed by atoms with Crippen molar-refractivity contribution in [2.24, 2.45) is 0 Å². The second-order valence-electron chi connectivity index (χ2n) is 8.65. The van der Waals surface area contributed by atoms with Gasteiger partial charge in [0.05, 0.1) is 28.0 Å². The van der Waals surface area contributed by atoms with Crippen LogP contribution in [0.25, 0.3) is 22.3 Å². The predicted molar refractivity (Wildman–Crippen MR) is 131 cm³/mol. The fraction of sp³-hybridized carbons (Fsp3) is 0.385. The Morgan fingerprint density at radius 2 is 1.58 bits per heavy atom. The maximum atomic E-state index is 13.8. The van der Waals surface area contributed by atoms with E-state index in [9.17, 15) is 4.79 Å². The molecule has 0 unspecified atom stereocenters. The number of rotatable bonds is 6. The first-order chi connectivity index (χ1) is 15.7. The first-order valence-electron chi connectivity index (χ1n) is 11.5. The van der Waals surface area contributed by atoms with E-state index < -0.39 is 0 Å². The van der Waals surface area contributed by atoms with Crippen molar-refractivity contribution in [3.63, 3.8) is 0 Å². The smallest absolute Gasteiger partial charge is 0.254 e. The summed E-state index contributed by atoms with van der Waals surface area (Å²) in [4.78, 5) is 20.5. The molecule has 0 fully saturated rings. The van der Waals surface area contributed by atoms with E-state index in [1.807, 2.05) is 55.4 Å². The molecular weight excluding hydrogens is 412 g/mol. The molecule has 0 saturated carbocycles. The van der Waals surface area contributed by atoms with Crippen LogP contribution in [0.2, 0.25) is 0 Å². The third-order valence-electron chi connectivity index (χ3n) is 6.33. The Morgan fingerprint density at radius 3 is 2.18 bits per heavy atom. The zero-order valence-corrected chi connectivity index (χ0v) is 20.6. The molecule has 33 heavy (non-hydrogen) atoms. The number of amides is 1. The summed E-state index contributed by atoms with van der Waals surface area (Å²) in [5.41, 5.74) is 8.30. The summed E-state index contributed by atoms with van der Waals surface area (Å²) in [5, 5.41) is 10.1. The number of carbonyl (C=O) groups is 1. The van der Waals surface area contributed by atoms with Crippen molar-refractivity contribution in [1.29, 1.82) is 0 Å². The van der Waals surface area contributed by atoms with Gasteiger partial charge in [0.15, 0.2) is 5.65 Å². The van der Waals surface area contributed by atoms with Crippen molar-refractivity contribution in [3.05, 3.63) is 64.1 Å². The van der Waals surface area contributed by atoms with Crippen molar-refractivity contribution < 1.29 is 4.79 Å². The molecule has 7 nitrogen and oxygen atoms in total. The average Bonchev–Trinajstić information content (AvgIpc) is 3.28. The third-order valence-corrected chi connectivity index (χ3v) is 6.33. The fourth-order valence-electron chi connectivity index (χ4n) is 4.40. The van der Waals surface area contributed by atoms with Gasteiger partial charge in [-0.3, -0.25) is 9.48 Å². The molecule has 0 radical (unpaired) electrons. The maximum Gasteiger partial charge on any atom is 0.254 e. The van der Waals surface area contributed by atoms with Crippen LogP contribution in [0, 0.1) is 27.7 Å². The van der Waals surface area contributed by atoms with Gasteiger partial charge in [0.25, 0.3) is 5.91 Å². The Kier molecular flexibility index (Phi) is 6.06. The number of hydrogen-bond acceptors (Lipinski definition) is 4. The molecule has 0 N–H and O–H groups in total. The maximum absolute atomic E-state index is 13.8. The van der Waals surface area contributed by atoms with Gasteiger partial charge in [-0.15, -0.1) is 0 Å². The van der Waals surface area contributed by atoms with Crippen LogP contribution in [0.4, 0.5) is 0 Å². The molecular formula is C26H32N6O. The minimum Gasteiger partial charge on any atom is -0.337 e. The molecule has 0 spiro atoms. The van der Waals surface area contributed by atoms with Crippen molar-refractivity contribution >= 4 is 16.9 Å². The molecule has 4 rings (SSSR count). The Hall–Kier alpha value is -3.48. The van der Waals surface area contributed by atoms with E-state index in [2.05, 4.69) is 43.1 Å². The summed E-state index contributed by atoms with van der Waals surface area (Å²) in [7, 11) is 1.85. The van der Waals surface area contributed by atoms with Crippen LogP contribution in [0.3, 0.4) is 0 Å². The van der Waals surface area contributed by atoms with Gasteiger partial charge >= 0.3 is 0 Å². The highest BCUT2D eigenvalue weighted by Gasteiger charge is 2.23. The molecule has 0 bridgehead atoms. The number of aryl methyl sites for hydroxylation is 5. The molecule has 7 heteroatoms. The van der Waals surface area contributed by atoms with E-state index in [1.54, 1.807) is 4.90 Å². The molecule has 0 aliphatic carbocycles. The normalized spacial score (nSPS) is 11.4. The summed E-state index contributed by atoms with van der Waals surface area (Å²) in [6.07, 6.45) is 0. The number of fused-ring (bicyclic) bond motifs is 1. The van der Waals surface area contributed by atoms with E-state index in [-0.39, 0.29) is 5.91 Å². The molecule has 1 aromatic carbocycles. The minimum absolute atomic E-state index is 0.0439. The van der Waals surface area contributed by atoms with Crippen LogP contribution in [-0.2, 0) is 19.6 Å². The van der Waals surface area contributed by atoms with Gasteiger partial charge in [0, 0.05) is 43.5 Å². The highest BCUT2D eigenvalue weighted by molar-refractivity contribution is 6.07. The number of nitrogens with zero attached hydrogens (tertiary/aromatic N) is 6. The molecule has 1 amide bonds. The van der Waals surface area contributed by atoms with E-state index in [0.29, 0.717) is 18.7 Å². The van der Waals surface area contributed by atoms with Crippen molar-refractivity contribution in [2.45, 2.75) is 61.2 Å². The van der Waals surface area contributed by atoms with Gasteiger partial charge in [-0.25, -0.2) is 9.67 Å². The predicted octanol–water partition coefficient (Wildman–Crippen LogP) is 4.84. The molecule has 0 atom stereocenters. The van der Waals surface area contributed by atoms with Crippen LogP contribution in [0.5, 0.6) is 0 Å². The Bertz CT molecular complexity index is 1330. The van der Waals surface area contributed by atoms with Crippen LogP contribution in [0.1, 0.15) is 52.4 Å². The topological polar surface area (TPSA) is 68.8 Å². The molecule has 4 aromatic rings. The van der Waals surface area contributed by atoms with Gasteiger partial charge in [0.2, 0.25) is 0 Å². The molecule has 3 heterocycles. The third kappa shape index (κ3) is 4.03. The number of benzene rings is 1. The second-order valence-corrected chi connectivity index (χ2v) is 8.65. The summed E-state index contributed by atoms with van der Waals surface area (Å²) in [6, 6.07) is 10.1. The number of carbonyl (C=O) groups excluding carboxylic acids is 1. The number of hydrogen-bond donors (Lipinski definition) is 0. The quantitative estimate of drug-likeness (QED) is 0.427. The molecule has 0 aliphatic heterocycles. The van der Waals surface area contributed by atoms with Crippen molar-refractivity contribution in [2.75, 3.05) is 7.05 Å². The summed E-state index contributed by atoms with van der Waals surface area (Å²) >= 11 is 0. The lowest BCUT2D eigenvalue weighted by Gasteiger charge is -2.19. The van der Waals surface area contributed by atoms with Gasteiger partial charge in [-0.2, -0.15) is 10.2 Å². The monoisotopic (exact) mass is 444 g/mol. The molecule has 0 saturated heterocycles. The standard InChI is InChI=1S/C26H32N6O/c1-8-31-19(6)22(17(4)28-31)15-30(7)26(33)21-14-23(20-12-10-16(3)11-13-20)27-25-24(21)18(5)29-32(25)9-2/h10-14H,8-9,15H2,1-7H3. The van der Waals surface area contributed by atoms with Gasteiger partial charge in [-0.05, 0) is 47.6 Å². The van der Waals surface area contributed by atoms with E-state index in [4.69, 9.17) is 4.98 Å². The van der Waals surface area contributed by atoms with Gasteiger partial charge in [-0.1, -0.05) is 29.8 Å². The fourth-order valence-corrected chi connectivity index (χ4v) is 4.40. The van der Waals surface area contributed by atoms with E-state index in [1.165, 1.54) is 5.56 Å². The molecule has 172 valence electrons. The Balaban J connectivity index is 1.81. The lowest BCUT2D eigenvalue weighted by Crippen LogP contribution is -2.27. The highest BCUT2D eigenvalue weighted by Crippen LogP contribution is 2.29. The zero-order valence-electron chi connectivity index (χ0n) is 20.6. The average molecular weight is 445 g/mol. The molecule has 3 aromatic heterocycles. The second kappa shape index (κ2) is 8.81. The SMILES string of the molecule is CCn1nc(C)c(CN(C)C(=O)c2cc(-c3ccc(C)cc3)nc3c2c(C)nn3CC)c1C. The van der Waals surface area contributed by atoms with E-state index >= 15 is 0 Å². The first kappa shape index (κ1) is 22.7. The van der Waals surface area contributed by atoms with Crippen molar-refractivity contribution in [3.8, 4) is 11.3 Å². The van der Waals surface area contributed by atoms with Crippen LogP contribution >= 0.6 is 0 Å². The molecule has 0 aliphatic rings. The first-order valence-corrected chi connectivity index (χ1v) is 11.5. The number of aromatic nitrogens is 5. The zero-order chi connectivity index (χ0) is 23.9. The number of pyridine rings is 1. The Morgan fingerprint density at radius 1 is 0.939 bits per heavy atom. The summed E-state index contributed by atoms with van der Waals surface area (Å²) < 4.78 is 3.86. The van der Waals surface area contributed by atoms with Gasteiger partial charge in [0.1, 0.15) is 0 Å². The van der Waals surface area contributed by atoms with Crippen LogP contribution in [0.15, 0.2) is 30.3 Å². The van der Waals surface area contributed by atoms with E-state index in [0.717, 1.165) is 51.5 Å². The highest BCUT2D eigenvalue weighted by atomic mass is 16.2. The van der Waals surface area contributed by atoms with Crippen LogP contribution in [-0.4, -0.2) is 42.4 Å². The minimum atomic E-state index is -0.0439. The van der Waals surface area contributed by atoms with Crippen LogP contribution < -0.4 is 0 Å². The summed E-state index contributed by atoms with van der Waals surface area (Å²) in [6.45, 7) is 14.2. The summed E-state index contributed by atoms with van der Waals surface area (Å²) in [5.74, 6) is -0.0439. The largest absolute Gasteiger partial charge is 0.337 e. The Labute approximate surface area is 195 Å². The van der Waals surface area contributed by atoms with Gasteiger partial charge < -0.3 is 4.90 Å². The lowest BCUT2D eigenvalue weighted by atomic mass is 10.0. The lowest BCUT2D eigenvalue weighted by molar-refractivity contribution is 0.0786.